The molecule has 0 fully saturated rings. The fourth-order valence-electron chi connectivity index (χ4n) is 7.34. The molecule has 0 atom stereocenters. The van der Waals surface area contributed by atoms with E-state index in [9.17, 15) is 9.59 Å². The lowest BCUT2D eigenvalue weighted by molar-refractivity contribution is -0.119. The smallest absolute Gasteiger partial charge is 0.174 e. The molecule has 0 amide bonds. The van der Waals surface area contributed by atoms with E-state index in [1.54, 1.807) is 7.11 Å². The second kappa shape index (κ2) is 12.1. The Bertz CT molecular complexity index is 1680. The zero-order valence-electron chi connectivity index (χ0n) is 27.1. The van der Waals surface area contributed by atoms with E-state index in [0.29, 0.717) is 37.5 Å². The van der Waals surface area contributed by atoms with Gasteiger partial charge in [0.25, 0.3) is 0 Å². The zero-order valence-corrected chi connectivity index (χ0v) is 29.3. The Morgan fingerprint density at radius 1 is 0.800 bits per heavy atom. The largest absolute Gasteiger partial charge is 0.493 e. The van der Waals surface area contributed by atoms with Crippen molar-refractivity contribution in [1.82, 2.24) is 4.90 Å². The number of hydrogen-bond donors (Lipinski definition) is 0. The van der Waals surface area contributed by atoms with Crippen LogP contribution in [0.1, 0.15) is 81.5 Å². The molecule has 3 aliphatic rings. The lowest BCUT2D eigenvalue weighted by Gasteiger charge is -2.49. The third-order valence-electron chi connectivity index (χ3n) is 9.26. The number of benzene rings is 3. The summed E-state index contributed by atoms with van der Waals surface area (Å²) in [6.45, 7) is 11.8. The molecule has 6 heteroatoms. The van der Waals surface area contributed by atoms with Crippen molar-refractivity contribution >= 4 is 34.2 Å². The third kappa shape index (κ3) is 6.35. The summed E-state index contributed by atoms with van der Waals surface area (Å²) < 4.78 is 13.1. The maximum absolute atomic E-state index is 14.3. The van der Waals surface area contributed by atoms with E-state index in [4.69, 9.17) is 9.47 Å². The van der Waals surface area contributed by atoms with Crippen molar-refractivity contribution in [2.24, 2.45) is 10.8 Å². The van der Waals surface area contributed by atoms with Crippen LogP contribution in [-0.2, 0) is 22.7 Å². The van der Waals surface area contributed by atoms with Crippen molar-refractivity contribution in [3.05, 3.63) is 115 Å². The van der Waals surface area contributed by atoms with E-state index in [-0.39, 0.29) is 22.4 Å². The van der Waals surface area contributed by atoms with Gasteiger partial charge in [0.1, 0.15) is 6.61 Å². The Kier molecular flexibility index (Phi) is 8.48. The van der Waals surface area contributed by atoms with Crippen LogP contribution in [0.3, 0.4) is 0 Å². The molecule has 1 aliphatic heterocycles. The highest BCUT2D eigenvalue weighted by Gasteiger charge is 2.49. The summed E-state index contributed by atoms with van der Waals surface area (Å²) >= 11 is 2.30. The molecule has 0 saturated carbocycles. The molecule has 45 heavy (non-hydrogen) atoms. The van der Waals surface area contributed by atoms with E-state index in [1.807, 2.05) is 18.2 Å². The number of aryl methyl sites for hydroxylation is 1. The number of halogens is 1. The van der Waals surface area contributed by atoms with Crippen LogP contribution < -0.4 is 9.47 Å². The lowest BCUT2D eigenvalue weighted by atomic mass is 9.63. The highest BCUT2D eigenvalue weighted by Crippen LogP contribution is 2.55. The fraction of sp³-hybridized carbons (Fsp3) is 0.385. The summed E-state index contributed by atoms with van der Waals surface area (Å²) in [7, 11) is 1.65. The highest BCUT2D eigenvalue weighted by atomic mass is 127. The lowest BCUT2D eigenvalue weighted by Crippen LogP contribution is -2.44. The molecule has 0 saturated heterocycles. The van der Waals surface area contributed by atoms with Gasteiger partial charge in [0.2, 0.25) is 0 Å². The molecule has 3 aromatic rings. The van der Waals surface area contributed by atoms with Gasteiger partial charge in [0.15, 0.2) is 23.1 Å². The maximum Gasteiger partial charge on any atom is 0.174 e. The minimum atomic E-state index is -0.442. The monoisotopic (exact) mass is 715 g/mol. The molecule has 0 N–H and O–H groups in total. The summed E-state index contributed by atoms with van der Waals surface area (Å²) in [5, 5.41) is 0. The first kappa shape index (κ1) is 31.6. The molecule has 0 aromatic heterocycles. The molecule has 0 unspecified atom stereocenters. The van der Waals surface area contributed by atoms with Gasteiger partial charge in [-0.1, -0.05) is 87.9 Å². The molecular formula is C39H42INO4. The number of nitrogens with zero attached hydrogens (tertiary/aromatic N) is 1. The van der Waals surface area contributed by atoms with Gasteiger partial charge in [-0.3, -0.25) is 9.59 Å². The number of carbonyl (C=O) groups is 2. The summed E-state index contributed by atoms with van der Waals surface area (Å²) in [6.07, 6.45) is 2.45. The van der Waals surface area contributed by atoms with Gasteiger partial charge in [-0.2, -0.15) is 0 Å². The van der Waals surface area contributed by atoms with Crippen LogP contribution in [0, 0.1) is 21.3 Å². The van der Waals surface area contributed by atoms with Crippen molar-refractivity contribution in [2.45, 2.75) is 79.4 Å². The minimum Gasteiger partial charge on any atom is -0.493 e. The number of allylic oxidation sites excluding steroid dienone is 4. The van der Waals surface area contributed by atoms with Crippen molar-refractivity contribution in [2.75, 3.05) is 7.11 Å². The van der Waals surface area contributed by atoms with Crippen molar-refractivity contribution in [1.29, 1.82) is 0 Å². The second-order valence-corrected chi connectivity index (χ2v) is 15.6. The van der Waals surface area contributed by atoms with Gasteiger partial charge >= 0.3 is 0 Å². The number of ketones is 2. The number of ether oxygens (including phenoxy) is 2. The normalized spacial score (nSPS) is 19.4. The molecule has 5 nitrogen and oxygen atoms in total. The van der Waals surface area contributed by atoms with E-state index >= 15 is 0 Å². The number of hydrogen-bond acceptors (Lipinski definition) is 5. The Labute approximate surface area is 280 Å². The Balaban J connectivity index is 1.50. The van der Waals surface area contributed by atoms with Gasteiger partial charge in [-0.25, -0.2) is 0 Å². The summed E-state index contributed by atoms with van der Waals surface area (Å²) in [5.41, 5.74) is 7.62. The van der Waals surface area contributed by atoms with Crippen LogP contribution in [0.5, 0.6) is 11.5 Å². The molecule has 3 aromatic carbocycles. The van der Waals surface area contributed by atoms with Crippen LogP contribution in [-0.4, -0.2) is 23.6 Å². The third-order valence-corrected chi connectivity index (χ3v) is 10.1. The first-order valence-corrected chi connectivity index (χ1v) is 16.8. The van der Waals surface area contributed by atoms with Gasteiger partial charge in [0.05, 0.1) is 10.7 Å². The fourth-order valence-corrected chi connectivity index (χ4v) is 8.12. The SMILES string of the molecule is COc1cc(C2C3=C(CC(C)(C)CC3=O)N(Cc3ccccc3)C3=C2C(=O)CC(C)(C)C3)cc(I)c1OCc1cccc(C)c1. The molecule has 0 bridgehead atoms. The number of carbonyl (C=O) groups excluding carboxylic acids is 2. The van der Waals surface area contributed by atoms with Gasteiger partial charge in [0, 0.05) is 47.8 Å². The van der Waals surface area contributed by atoms with Crippen LogP contribution in [0.2, 0.25) is 0 Å². The van der Waals surface area contributed by atoms with Gasteiger partial charge in [-0.05, 0) is 82.0 Å². The van der Waals surface area contributed by atoms with Crippen LogP contribution >= 0.6 is 22.6 Å². The van der Waals surface area contributed by atoms with Crippen molar-refractivity contribution in [3.63, 3.8) is 0 Å². The van der Waals surface area contributed by atoms with E-state index in [1.165, 1.54) is 5.56 Å². The summed E-state index contributed by atoms with van der Waals surface area (Å²) in [4.78, 5) is 30.8. The van der Waals surface area contributed by atoms with Crippen LogP contribution in [0.4, 0.5) is 0 Å². The van der Waals surface area contributed by atoms with E-state index in [0.717, 1.165) is 55.6 Å². The Hall–Kier alpha value is -3.39. The summed E-state index contributed by atoms with van der Waals surface area (Å²) in [6, 6.07) is 22.7. The minimum absolute atomic E-state index is 0.127. The number of Topliss-reactive ketones (excluding diaryl/α,β-unsaturated/α-hetero) is 2. The molecular weight excluding hydrogens is 673 g/mol. The first-order chi connectivity index (χ1) is 21.4. The second-order valence-electron chi connectivity index (χ2n) is 14.4. The predicted octanol–water partition coefficient (Wildman–Crippen LogP) is 9.07. The van der Waals surface area contributed by atoms with Gasteiger partial charge < -0.3 is 14.4 Å². The highest BCUT2D eigenvalue weighted by molar-refractivity contribution is 14.1. The van der Waals surface area contributed by atoms with Crippen LogP contribution in [0.25, 0.3) is 0 Å². The molecule has 0 radical (unpaired) electrons. The number of rotatable bonds is 7. The molecule has 234 valence electrons. The maximum atomic E-state index is 14.3. The first-order valence-electron chi connectivity index (χ1n) is 15.8. The zero-order chi connectivity index (χ0) is 32.1. The Morgan fingerprint density at radius 2 is 1.40 bits per heavy atom. The standard InChI is InChI=1S/C39H42INO4/c1-24-11-10-14-26(15-24)23-45-37-28(40)16-27(17-33(37)44-6)34-35-29(18-38(2,3)20-31(35)42)41(22-25-12-8-7-9-13-25)30-19-39(4,5)21-32(43)36(30)34/h7-17,34H,18-23H2,1-6H3. The van der Waals surface area contributed by atoms with Gasteiger partial charge in [-0.15, -0.1) is 0 Å². The van der Waals surface area contributed by atoms with E-state index < -0.39 is 5.92 Å². The molecule has 0 spiro atoms. The molecule has 1 heterocycles. The van der Waals surface area contributed by atoms with Crippen molar-refractivity contribution in [3.8, 4) is 11.5 Å². The Morgan fingerprint density at radius 3 is 1.98 bits per heavy atom. The topological polar surface area (TPSA) is 55.8 Å². The number of methoxy groups -OCH3 is 1. The van der Waals surface area contributed by atoms with E-state index in [2.05, 4.69) is 111 Å². The molecule has 2 aliphatic carbocycles. The summed E-state index contributed by atoms with van der Waals surface area (Å²) in [5.74, 6) is 1.08. The average Bonchev–Trinajstić information content (AvgIpc) is 2.96. The average molecular weight is 716 g/mol. The van der Waals surface area contributed by atoms with Crippen molar-refractivity contribution < 1.29 is 19.1 Å². The predicted molar refractivity (Wildman–Crippen MR) is 186 cm³/mol. The van der Waals surface area contributed by atoms with Crippen LogP contribution in [0.15, 0.2) is 89.3 Å². The quantitative estimate of drug-likeness (QED) is 0.229. The molecule has 6 rings (SSSR count).